The maximum atomic E-state index is 11.8. The molecule has 0 amide bonds. The first-order chi connectivity index (χ1) is 17.7. The largest absolute Gasteiger partial charge is 0.466 e. The van der Waals surface area contributed by atoms with Gasteiger partial charge in [0, 0.05) is 12.8 Å². The van der Waals surface area contributed by atoms with Gasteiger partial charge in [-0.3, -0.25) is 4.79 Å². The molecule has 3 aliphatic carbocycles. The minimum atomic E-state index is -1.90. The number of rotatable bonds is 9. The summed E-state index contributed by atoms with van der Waals surface area (Å²) in [6.07, 6.45) is 14.5. The Morgan fingerprint density at radius 2 is 1.97 bits per heavy atom. The van der Waals surface area contributed by atoms with E-state index in [9.17, 15) is 9.90 Å². The van der Waals surface area contributed by atoms with Crippen LogP contribution >= 0.6 is 0 Å². The van der Waals surface area contributed by atoms with Gasteiger partial charge in [-0.2, -0.15) is 0 Å². The molecule has 38 heavy (non-hydrogen) atoms. The maximum Gasteiger partial charge on any atom is 0.305 e. The van der Waals surface area contributed by atoms with Gasteiger partial charge < -0.3 is 14.3 Å². The predicted octanol–water partition coefficient (Wildman–Crippen LogP) is 8.53. The summed E-state index contributed by atoms with van der Waals surface area (Å²) < 4.78 is 11.8. The fourth-order valence-electron chi connectivity index (χ4n) is 7.35. The summed E-state index contributed by atoms with van der Waals surface area (Å²) >= 11 is 0. The molecule has 3 saturated carbocycles. The molecule has 6 atom stereocenters. The molecule has 4 nitrogen and oxygen atoms in total. The maximum absolute atomic E-state index is 11.8. The highest BCUT2D eigenvalue weighted by Gasteiger charge is 2.50. The van der Waals surface area contributed by atoms with E-state index < -0.39 is 14.4 Å². The fourth-order valence-corrected chi connectivity index (χ4v) is 8.71. The summed E-state index contributed by atoms with van der Waals surface area (Å²) in [7, 11) is -1.90. The molecule has 216 valence electrons. The first-order valence-electron chi connectivity index (χ1n) is 15.3. The number of esters is 1. The van der Waals surface area contributed by atoms with Crippen molar-refractivity contribution in [2.45, 2.75) is 136 Å². The summed E-state index contributed by atoms with van der Waals surface area (Å²) in [5.74, 6) is 1.91. The number of hydrogen-bond donors (Lipinski definition) is 1. The highest BCUT2D eigenvalue weighted by molar-refractivity contribution is 6.74. The van der Waals surface area contributed by atoms with Crippen LogP contribution in [0.4, 0.5) is 0 Å². The highest BCUT2D eigenvalue weighted by Crippen LogP contribution is 2.60. The van der Waals surface area contributed by atoms with Crippen LogP contribution in [-0.4, -0.2) is 38.2 Å². The molecule has 0 heterocycles. The van der Waals surface area contributed by atoms with Gasteiger partial charge in [-0.1, -0.05) is 58.9 Å². The van der Waals surface area contributed by atoms with Crippen LogP contribution in [0.15, 0.2) is 35.5 Å². The zero-order valence-corrected chi connectivity index (χ0v) is 26.7. The third kappa shape index (κ3) is 7.12. The lowest BCUT2D eigenvalue weighted by Gasteiger charge is -2.44. The van der Waals surface area contributed by atoms with Crippen molar-refractivity contribution in [2.24, 2.45) is 23.2 Å². The minimum Gasteiger partial charge on any atom is -0.466 e. The second-order valence-corrected chi connectivity index (χ2v) is 18.9. The molecular weight excluding hydrogens is 488 g/mol. The first-order valence-corrected chi connectivity index (χ1v) is 18.2. The Morgan fingerprint density at radius 1 is 1.26 bits per heavy atom. The monoisotopic (exact) mass is 544 g/mol. The summed E-state index contributed by atoms with van der Waals surface area (Å²) in [5.41, 5.74) is 3.95. The van der Waals surface area contributed by atoms with E-state index in [1.54, 1.807) is 5.57 Å². The van der Waals surface area contributed by atoms with Gasteiger partial charge in [-0.05, 0) is 111 Å². The van der Waals surface area contributed by atoms with E-state index in [0.29, 0.717) is 42.6 Å². The molecule has 1 N–H and O–H groups in total. The standard InChI is InChI=1S/C33H56O4Si/c1-10-36-31(35)15-11-13-23(2)28-18-19-29-25(14-12-20-33(28,29)7)16-17-26-21-27(22-30(34)24(26)3)37-38(8,9)32(4,5)6/h16-17,23,27-30,34H,3,10-15,18-22H2,1-2,4-9H3/b25-16+,26-17+/t23-,27-,28-,29+,30?,33-/m1/s1. The Balaban J connectivity index is 1.70. The molecule has 5 heteroatoms. The number of aliphatic hydroxyl groups is 1. The Bertz CT molecular complexity index is 910. The van der Waals surface area contributed by atoms with Crippen molar-refractivity contribution in [1.82, 2.24) is 0 Å². The second-order valence-electron chi connectivity index (χ2n) is 14.2. The number of ether oxygens (including phenoxy) is 1. The van der Waals surface area contributed by atoms with Crippen molar-refractivity contribution in [2.75, 3.05) is 6.61 Å². The van der Waals surface area contributed by atoms with Crippen LogP contribution in [-0.2, 0) is 14.0 Å². The van der Waals surface area contributed by atoms with Crippen LogP contribution < -0.4 is 0 Å². The number of fused-ring (bicyclic) bond motifs is 1. The van der Waals surface area contributed by atoms with Crippen LogP contribution in [0.2, 0.25) is 18.1 Å². The molecule has 0 saturated heterocycles. The first kappa shape index (κ1) is 31.4. The summed E-state index contributed by atoms with van der Waals surface area (Å²) in [4.78, 5) is 11.8. The van der Waals surface area contributed by atoms with Crippen LogP contribution in [0.5, 0.6) is 0 Å². The van der Waals surface area contributed by atoms with Crippen molar-refractivity contribution >= 4 is 14.3 Å². The molecule has 0 aromatic heterocycles. The summed E-state index contributed by atoms with van der Waals surface area (Å²) in [6, 6.07) is 0. The quantitative estimate of drug-likeness (QED) is 0.233. The third-order valence-electron chi connectivity index (χ3n) is 10.6. The molecule has 0 spiro atoms. The van der Waals surface area contributed by atoms with Crippen molar-refractivity contribution in [3.05, 3.63) is 35.5 Å². The number of allylic oxidation sites excluding steroid dienone is 3. The Kier molecular flexibility index (Phi) is 10.4. The lowest BCUT2D eigenvalue weighted by atomic mass is 9.60. The zero-order chi connectivity index (χ0) is 28.3. The third-order valence-corrected chi connectivity index (χ3v) is 15.1. The van der Waals surface area contributed by atoms with Crippen molar-refractivity contribution in [1.29, 1.82) is 0 Å². The van der Waals surface area contributed by atoms with Gasteiger partial charge in [-0.15, -0.1) is 0 Å². The van der Waals surface area contributed by atoms with E-state index >= 15 is 0 Å². The zero-order valence-electron chi connectivity index (χ0n) is 25.7. The Hall–Kier alpha value is -1.17. The molecule has 0 bridgehead atoms. The fraction of sp³-hybridized carbons (Fsp3) is 0.788. The second kappa shape index (κ2) is 12.6. The van der Waals surface area contributed by atoms with E-state index in [1.165, 1.54) is 32.1 Å². The van der Waals surface area contributed by atoms with Crippen LogP contribution in [0.25, 0.3) is 0 Å². The van der Waals surface area contributed by atoms with Crippen molar-refractivity contribution in [3.8, 4) is 0 Å². The molecule has 3 aliphatic rings. The van der Waals surface area contributed by atoms with Crippen molar-refractivity contribution in [3.63, 3.8) is 0 Å². The van der Waals surface area contributed by atoms with Gasteiger partial charge in [0.1, 0.15) is 0 Å². The van der Waals surface area contributed by atoms with Gasteiger partial charge in [-0.25, -0.2) is 0 Å². The molecular formula is C33H56O4Si. The summed E-state index contributed by atoms with van der Waals surface area (Å²) in [5, 5.41) is 11.0. The molecule has 3 fully saturated rings. The number of hydrogen-bond acceptors (Lipinski definition) is 4. The average molecular weight is 545 g/mol. The minimum absolute atomic E-state index is 0.0579. The highest BCUT2D eigenvalue weighted by atomic mass is 28.4. The Labute approximate surface area is 234 Å². The van der Waals surface area contributed by atoms with Gasteiger partial charge >= 0.3 is 5.97 Å². The molecule has 0 radical (unpaired) electrons. The number of carbonyl (C=O) groups excluding carboxylic acids is 1. The molecule has 3 rings (SSSR count). The van der Waals surface area contributed by atoms with Crippen LogP contribution in [0, 0.1) is 23.2 Å². The van der Waals surface area contributed by atoms with E-state index in [-0.39, 0.29) is 17.1 Å². The predicted molar refractivity (Wildman–Crippen MR) is 160 cm³/mol. The Morgan fingerprint density at radius 3 is 2.63 bits per heavy atom. The number of carbonyl (C=O) groups is 1. The summed E-state index contributed by atoms with van der Waals surface area (Å²) in [6.45, 7) is 23.0. The lowest BCUT2D eigenvalue weighted by Crippen LogP contribution is -2.46. The topological polar surface area (TPSA) is 55.8 Å². The van der Waals surface area contributed by atoms with E-state index in [0.717, 1.165) is 30.4 Å². The normalized spacial score (nSPS) is 33.4. The smallest absolute Gasteiger partial charge is 0.305 e. The van der Waals surface area contributed by atoms with Gasteiger partial charge in [0.05, 0.1) is 18.8 Å². The lowest BCUT2D eigenvalue weighted by molar-refractivity contribution is -0.143. The van der Waals surface area contributed by atoms with E-state index in [2.05, 4.69) is 66.4 Å². The molecule has 0 aliphatic heterocycles. The van der Waals surface area contributed by atoms with Gasteiger partial charge in [0.25, 0.3) is 0 Å². The van der Waals surface area contributed by atoms with Crippen LogP contribution in [0.3, 0.4) is 0 Å². The SMILES string of the molecule is C=C1/C(=C/C=C2\CCC[C@]3(C)[C@@H]([C@H](C)CCCC(=O)OCC)CC[C@@H]23)C[C@@H](O[Si](C)(C)C(C)(C)C)CC1O. The molecule has 0 aromatic carbocycles. The molecule has 1 unspecified atom stereocenters. The molecule has 0 aromatic rings. The van der Waals surface area contributed by atoms with E-state index in [4.69, 9.17) is 9.16 Å². The number of aliphatic hydroxyl groups excluding tert-OH is 1. The van der Waals surface area contributed by atoms with E-state index in [1.807, 2.05) is 6.92 Å². The van der Waals surface area contributed by atoms with Gasteiger partial charge in [0.2, 0.25) is 0 Å². The van der Waals surface area contributed by atoms with Gasteiger partial charge in [0.15, 0.2) is 8.32 Å². The van der Waals surface area contributed by atoms with Crippen molar-refractivity contribution < 1.29 is 19.1 Å². The average Bonchev–Trinajstić information content (AvgIpc) is 3.17. The van der Waals surface area contributed by atoms with Crippen LogP contribution in [0.1, 0.15) is 106 Å².